The lowest BCUT2D eigenvalue weighted by Gasteiger charge is -2.17. The van der Waals surface area contributed by atoms with Crippen molar-refractivity contribution in [3.63, 3.8) is 0 Å². The highest BCUT2D eigenvalue weighted by Crippen LogP contribution is 2.46. The Balaban J connectivity index is 1.79. The fourth-order valence-corrected chi connectivity index (χ4v) is 3.88. The van der Waals surface area contributed by atoms with E-state index in [9.17, 15) is 14.9 Å². The molecular formula is C16H12N2O5S. The van der Waals surface area contributed by atoms with Crippen molar-refractivity contribution in [2.24, 2.45) is 0 Å². The number of non-ortho nitro benzene ring substituents is 1. The van der Waals surface area contributed by atoms with Gasteiger partial charge in [-0.1, -0.05) is 12.1 Å². The average molecular weight is 344 g/mol. The van der Waals surface area contributed by atoms with Crippen LogP contribution >= 0.6 is 11.8 Å². The number of carbonyl (C=O) groups excluding carboxylic acids is 1. The lowest BCUT2D eigenvalue weighted by atomic mass is 10.0. The minimum absolute atomic E-state index is 0.0393. The molecule has 0 spiro atoms. The second-order valence-corrected chi connectivity index (χ2v) is 6.47. The van der Waals surface area contributed by atoms with Gasteiger partial charge in [0, 0.05) is 23.9 Å². The number of carbonyl (C=O) groups is 1. The summed E-state index contributed by atoms with van der Waals surface area (Å²) in [7, 11) is 0. The molecule has 1 unspecified atom stereocenters. The molecule has 2 aliphatic rings. The second kappa shape index (κ2) is 5.72. The Labute approximate surface area is 141 Å². The van der Waals surface area contributed by atoms with E-state index in [1.54, 1.807) is 18.2 Å². The minimum atomic E-state index is -0.429. The highest BCUT2D eigenvalue weighted by molar-refractivity contribution is 8.00. The van der Waals surface area contributed by atoms with Crippen molar-refractivity contribution in [2.45, 2.75) is 5.25 Å². The molecule has 2 aliphatic heterocycles. The predicted octanol–water partition coefficient (Wildman–Crippen LogP) is 3.10. The van der Waals surface area contributed by atoms with Crippen LogP contribution in [0.5, 0.6) is 11.5 Å². The maximum Gasteiger partial charge on any atom is 0.269 e. The van der Waals surface area contributed by atoms with Crippen LogP contribution in [0.2, 0.25) is 0 Å². The van der Waals surface area contributed by atoms with Gasteiger partial charge in [0.15, 0.2) is 11.5 Å². The van der Waals surface area contributed by atoms with Crippen molar-refractivity contribution in [2.75, 3.05) is 17.9 Å². The molecule has 24 heavy (non-hydrogen) atoms. The van der Waals surface area contributed by atoms with Crippen LogP contribution in [-0.2, 0) is 4.79 Å². The number of thioether (sulfide) groups is 1. The lowest BCUT2D eigenvalue weighted by Crippen LogP contribution is -2.12. The Morgan fingerprint density at radius 3 is 2.58 bits per heavy atom. The van der Waals surface area contributed by atoms with E-state index in [-0.39, 0.29) is 23.6 Å². The molecule has 122 valence electrons. The van der Waals surface area contributed by atoms with Gasteiger partial charge in [-0.2, -0.15) is 0 Å². The summed E-state index contributed by atoms with van der Waals surface area (Å²) in [5.41, 5.74) is 2.50. The van der Waals surface area contributed by atoms with Gasteiger partial charge in [-0.05, 0) is 17.2 Å². The summed E-state index contributed by atoms with van der Waals surface area (Å²) in [4.78, 5) is 22.4. The summed E-state index contributed by atoms with van der Waals surface area (Å²) in [6.07, 6.45) is 0. The fourth-order valence-electron chi connectivity index (χ4n) is 2.76. The van der Waals surface area contributed by atoms with Crippen LogP contribution in [0.25, 0.3) is 0 Å². The maximum absolute atomic E-state index is 12.0. The van der Waals surface area contributed by atoms with Crippen LogP contribution < -0.4 is 14.8 Å². The smallest absolute Gasteiger partial charge is 0.269 e. The van der Waals surface area contributed by atoms with Crippen LogP contribution in [0.1, 0.15) is 16.4 Å². The van der Waals surface area contributed by atoms with Gasteiger partial charge in [-0.25, -0.2) is 0 Å². The first kappa shape index (κ1) is 14.8. The number of nitrogens with zero attached hydrogens (tertiary/aromatic N) is 1. The molecule has 2 aromatic rings. The number of rotatable bonds is 2. The van der Waals surface area contributed by atoms with Crippen molar-refractivity contribution in [3.05, 3.63) is 57.6 Å². The highest BCUT2D eigenvalue weighted by Gasteiger charge is 2.28. The summed E-state index contributed by atoms with van der Waals surface area (Å²) in [5.74, 6) is 1.44. The minimum Gasteiger partial charge on any atom is -0.454 e. The quantitative estimate of drug-likeness (QED) is 0.665. The van der Waals surface area contributed by atoms with E-state index in [1.807, 2.05) is 6.07 Å². The standard InChI is InChI=1S/C16H12N2O5S/c19-15-7-24-16(9-1-3-10(4-2-9)18(20)21)11-5-13-14(23-8-22-13)6-12(11)17-15/h1-6,16H,7-8H2,(H,17,19). The normalized spacial score (nSPS) is 18.5. The van der Waals surface area contributed by atoms with Crippen molar-refractivity contribution >= 4 is 29.0 Å². The zero-order valence-electron chi connectivity index (χ0n) is 12.4. The molecule has 0 aromatic heterocycles. The third-order valence-corrected chi connectivity index (χ3v) is 5.18. The number of benzene rings is 2. The van der Waals surface area contributed by atoms with E-state index < -0.39 is 4.92 Å². The third kappa shape index (κ3) is 2.54. The number of hydrogen-bond donors (Lipinski definition) is 1. The number of anilines is 1. The monoisotopic (exact) mass is 344 g/mol. The Bertz CT molecular complexity index is 837. The average Bonchev–Trinajstić information content (AvgIpc) is 2.96. The number of ether oxygens (including phenoxy) is 2. The molecule has 0 saturated heterocycles. The van der Waals surface area contributed by atoms with Crippen LogP contribution in [0.3, 0.4) is 0 Å². The van der Waals surface area contributed by atoms with Crippen molar-refractivity contribution in [1.29, 1.82) is 0 Å². The molecule has 0 saturated carbocycles. The van der Waals surface area contributed by atoms with Gasteiger partial charge in [0.2, 0.25) is 12.7 Å². The summed E-state index contributed by atoms with van der Waals surface area (Å²) in [6, 6.07) is 10.0. The Hall–Kier alpha value is -2.74. The van der Waals surface area contributed by atoms with E-state index in [0.29, 0.717) is 22.9 Å². The molecule has 1 amide bonds. The molecule has 4 rings (SSSR count). The molecule has 8 heteroatoms. The Morgan fingerprint density at radius 2 is 1.88 bits per heavy atom. The van der Waals surface area contributed by atoms with E-state index in [4.69, 9.17) is 9.47 Å². The fraction of sp³-hybridized carbons (Fsp3) is 0.188. The van der Waals surface area contributed by atoms with Gasteiger partial charge in [0.25, 0.3) is 5.69 Å². The summed E-state index contributed by atoms with van der Waals surface area (Å²) in [5, 5.41) is 13.6. The number of fused-ring (bicyclic) bond motifs is 2. The molecule has 1 N–H and O–H groups in total. The van der Waals surface area contributed by atoms with Gasteiger partial charge >= 0.3 is 0 Å². The SMILES string of the molecule is O=C1CSC(c2ccc([N+](=O)[O-])cc2)c2cc3c(cc2N1)OCO3. The zero-order chi connectivity index (χ0) is 16.7. The van der Waals surface area contributed by atoms with Crippen LogP contribution in [0.15, 0.2) is 36.4 Å². The molecule has 7 nitrogen and oxygen atoms in total. The predicted molar refractivity (Wildman–Crippen MR) is 88.6 cm³/mol. The zero-order valence-corrected chi connectivity index (χ0v) is 13.2. The topological polar surface area (TPSA) is 90.7 Å². The Morgan fingerprint density at radius 1 is 1.17 bits per heavy atom. The molecule has 2 aromatic carbocycles. The Kier molecular flexibility index (Phi) is 3.53. The number of hydrogen-bond acceptors (Lipinski definition) is 6. The molecule has 2 heterocycles. The number of nitrogens with one attached hydrogen (secondary N) is 1. The summed E-state index contributed by atoms with van der Waals surface area (Å²) >= 11 is 1.47. The first-order valence-electron chi connectivity index (χ1n) is 7.21. The van der Waals surface area contributed by atoms with E-state index in [2.05, 4.69) is 5.32 Å². The van der Waals surface area contributed by atoms with Crippen LogP contribution in [-0.4, -0.2) is 23.4 Å². The summed E-state index contributed by atoms with van der Waals surface area (Å²) < 4.78 is 10.8. The molecular weight excluding hydrogens is 332 g/mol. The van der Waals surface area contributed by atoms with E-state index in [1.165, 1.54) is 23.9 Å². The van der Waals surface area contributed by atoms with Gasteiger partial charge in [0.1, 0.15) is 0 Å². The number of amides is 1. The summed E-state index contributed by atoms with van der Waals surface area (Å²) in [6.45, 7) is 0.154. The van der Waals surface area contributed by atoms with Crippen LogP contribution in [0.4, 0.5) is 11.4 Å². The van der Waals surface area contributed by atoms with Crippen molar-refractivity contribution in [1.82, 2.24) is 0 Å². The molecule has 0 radical (unpaired) electrons. The number of nitro benzene ring substituents is 1. The van der Waals surface area contributed by atoms with Gasteiger partial charge in [0.05, 0.1) is 15.9 Å². The molecule has 0 fully saturated rings. The van der Waals surface area contributed by atoms with Crippen molar-refractivity contribution < 1.29 is 19.2 Å². The number of nitro groups is 1. The van der Waals surface area contributed by atoms with E-state index >= 15 is 0 Å². The van der Waals surface area contributed by atoms with Crippen molar-refractivity contribution in [3.8, 4) is 11.5 Å². The lowest BCUT2D eigenvalue weighted by molar-refractivity contribution is -0.384. The van der Waals surface area contributed by atoms with Gasteiger partial charge in [-0.3, -0.25) is 14.9 Å². The first-order chi connectivity index (χ1) is 11.6. The maximum atomic E-state index is 12.0. The van der Waals surface area contributed by atoms with Gasteiger partial charge in [-0.15, -0.1) is 11.8 Å². The third-order valence-electron chi connectivity index (χ3n) is 3.89. The van der Waals surface area contributed by atoms with Gasteiger partial charge < -0.3 is 14.8 Å². The van der Waals surface area contributed by atoms with Crippen LogP contribution in [0, 0.1) is 10.1 Å². The first-order valence-corrected chi connectivity index (χ1v) is 8.26. The second-order valence-electron chi connectivity index (χ2n) is 5.38. The molecule has 0 bridgehead atoms. The van der Waals surface area contributed by atoms with E-state index in [0.717, 1.165) is 11.1 Å². The largest absolute Gasteiger partial charge is 0.454 e. The molecule has 0 aliphatic carbocycles. The highest BCUT2D eigenvalue weighted by atomic mass is 32.2. The molecule has 1 atom stereocenters.